The molecule has 5 N–H and O–H groups in total. The van der Waals surface area contributed by atoms with Crippen molar-refractivity contribution < 1.29 is 19.8 Å². The van der Waals surface area contributed by atoms with E-state index in [9.17, 15) is 9.59 Å². The molecular formula is C12H15N2O4. The van der Waals surface area contributed by atoms with Crippen molar-refractivity contribution >= 4 is 12.2 Å². The Kier molecular flexibility index (Phi) is 5.29. The third kappa shape index (κ3) is 4.15. The summed E-state index contributed by atoms with van der Waals surface area (Å²) in [7, 11) is 0. The Morgan fingerprint density at radius 1 is 1.56 bits per heavy atom. The number of nitrogens with one attached hydrogen (secondary N) is 1. The molecule has 0 unspecified atom stereocenters. The third-order valence-corrected chi connectivity index (χ3v) is 2.33. The van der Waals surface area contributed by atoms with Gasteiger partial charge in [-0.05, 0) is 23.8 Å². The quantitative estimate of drug-likeness (QED) is 0.471. The zero-order chi connectivity index (χ0) is 13.5. The van der Waals surface area contributed by atoms with Gasteiger partial charge in [0.1, 0.15) is 18.1 Å². The minimum atomic E-state index is -1.05. The molecule has 1 rings (SSSR count). The van der Waals surface area contributed by atoms with Crippen LogP contribution in [0.15, 0.2) is 18.2 Å². The molecule has 0 heterocycles. The second kappa shape index (κ2) is 6.73. The molecule has 0 saturated heterocycles. The first-order valence-corrected chi connectivity index (χ1v) is 5.38. The van der Waals surface area contributed by atoms with Crippen LogP contribution in [0, 0.1) is 6.07 Å². The van der Waals surface area contributed by atoms with Gasteiger partial charge in [0.25, 0.3) is 0 Å². The van der Waals surface area contributed by atoms with Gasteiger partial charge in [0.05, 0.1) is 12.6 Å². The summed E-state index contributed by atoms with van der Waals surface area (Å²) >= 11 is 0. The first kappa shape index (κ1) is 14.1. The number of phenolic OH excluding ortho intramolecular Hbond substituents is 1. The van der Waals surface area contributed by atoms with Crippen molar-refractivity contribution in [2.75, 3.05) is 6.61 Å². The summed E-state index contributed by atoms with van der Waals surface area (Å²) in [5.41, 5.74) is 5.98. The average Bonchev–Trinajstić information content (AvgIpc) is 2.39. The number of amides is 1. The number of carbonyl (C=O) groups is 2. The lowest BCUT2D eigenvalue weighted by atomic mass is 10.1. The molecule has 1 aromatic rings. The van der Waals surface area contributed by atoms with E-state index in [0.717, 1.165) is 0 Å². The summed E-state index contributed by atoms with van der Waals surface area (Å²) in [5, 5.41) is 20.2. The smallest absolute Gasteiger partial charge is 0.239 e. The van der Waals surface area contributed by atoms with Crippen LogP contribution in [0.4, 0.5) is 0 Å². The molecule has 2 atom stereocenters. The Labute approximate surface area is 104 Å². The lowest BCUT2D eigenvalue weighted by Crippen LogP contribution is -2.48. The fourth-order valence-electron chi connectivity index (χ4n) is 1.32. The number of benzene rings is 1. The molecule has 0 saturated carbocycles. The topological polar surface area (TPSA) is 113 Å². The van der Waals surface area contributed by atoms with Gasteiger partial charge in [0.2, 0.25) is 5.91 Å². The molecular weight excluding hydrogens is 236 g/mol. The van der Waals surface area contributed by atoms with Crippen molar-refractivity contribution in [3.8, 4) is 5.75 Å². The number of nitrogens with two attached hydrogens (primary N) is 1. The maximum absolute atomic E-state index is 11.4. The van der Waals surface area contributed by atoms with Gasteiger partial charge in [-0.2, -0.15) is 0 Å². The van der Waals surface area contributed by atoms with Gasteiger partial charge in [-0.25, -0.2) is 0 Å². The van der Waals surface area contributed by atoms with Crippen molar-refractivity contribution in [1.82, 2.24) is 5.32 Å². The number of phenols is 1. The van der Waals surface area contributed by atoms with Crippen LogP contribution in [0.25, 0.3) is 0 Å². The van der Waals surface area contributed by atoms with Gasteiger partial charge in [0, 0.05) is 6.42 Å². The largest absolute Gasteiger partial charge is 0.508 e. The second-order valence-electron chi connectivity index (χ2n) is 3.82. The Hall–Kier alpha value is -1.92. The maximum atomic E-state index is 11.4. The van der Waals surface area contributed by atoms with Crippen LogP contribution >= 0.6 is 0 Å². The molecule has 0 aliphatic rings. The van der Waals surface area contributed by atoms with Gasteiger partial charge in [-0.15, -0.1) is 0 Å². The Bertz CT molecular complexity index is 405. The van der Waals surface area contributed by atoms with E-state index < -0.39 is 24.6 Å². The van der Waals surface area contributed by atoms with E-state index in [2.05, 4.69) is 11.4 Å². The molecule has 0 aromatic heterocycles. The van der Waals surface area contributed by atoms with Crippen molar-refractivity contribution in [1.29, 1.82) is 0 Å². The number of hydrogen-bond donors (Lipinski definition) is 4. The van der Waals surface area contributed by atoms with Gasteiger partial charge in [-0.1, -0.05) is 6.07 Å². The highest BCUT2D eigenvalue weighted by molar-refractivity contribution is 5.84. The second-order valence-corrected chi connectivity index (χ2v) is 3.82. The van der Waals surface area contributed by atoms with Gasteiger partial charge in [-0.3, -0.25) is 4.79 Å². The van der Waals surface area contributed by atoms with Crippen LogP contribution in [0.5, 0.6) is 5.75 Å². The van der Waals surface area contributed by atoms with Crippen LogP contribution in [0.3, 0.4) is 0 Å². The van der Waals surface area contributed by atoms with Gasteiger partial charge in [0.15, 0.2) is 0 Å². The molecule has 97 valence electrons. The number of hydrogen-bond acceptors (Lipinski definition) is 5. The fraction of sp³-hybridized carbons (Fsp3) is 0.333. The lowest BCUT2D eigenvalue weighted by molar-refractivity contribution is -0.125. The zero-order valence-corrected chi connectivity index (χ0v) is 9.67. The van der Waals surface area contributed by atoms with Crippen molar-refractivity contribution in [3.05, 3.63) is 29.8 Å². The number of carbonyl (C=O) groups excluding carboxylic acids is 2. The summed E-state index contributed by atoms with van der Waals surface area (Å²) < 4.78 is 0. The normalized spacial score (nSPS) is 13.7. The molecule has 0 fully saturated rings. The molecule has 0 bridgehead atoms. The first-order valence-electron chi connectivity index (χ1n) is 5.38. The molecule has 1 radical (unpaired) electrons. The van der Waals surface area contributed by atoms with Crippen LogP contribution in [-0.2, 0) is 16.0 Å². The van der Waals surface area contributed by atoms with Crippen LogP contribution < -0.4 is 11.1 Å². The minimum Gasteiger partial charge on any atom is -0.508 e. The summed E-state index contributed by atoms with van der Waals surface area (Å²) in [6, 6.07) is 5.43. The Morgan fingerprint density at radius 2 is 2.28 bits per heavy atom. The van der Waals surface area contributed by atoms with E-state index in [-0.39, 0.29) is 12.2 Å². The van der Waals surface area contributed by atoms with Crippen LogP contribution in [0.1, 0.15) is 5.56 Å². The van der Waals surface area contributed by atoms with E-state index in [1.165, 1.54) is 12.1 Å². The number of aromatic hydroxyl groups is 1. The van der Waals surface area contributed by atoms with E-state index in [4.69, 9.17) is 15.9 Å². The standard InChI is InChI=1S/C12H15N2O4/c13-11(7-16)12(18)14-9(6-15)5-8-1-3-10(17)4-2-8/h1,3-4,6,9,11,16-17H,5,7,13H2,(H,14,18)/t9-,11-/m0/s1. The summed E-state index contributed by atoms with van der Waals surface area (Å²) in [6.45, 7) is -0.483. The lowest BCUT2D eigenvalue weighted by Gasteiger charge is -2.15. The van der Waals surface area contributed by atoms with E-state index in [0.29, 0.717) is 11.8 Å². The minimum absolute atomic E-state index is 0.0766. The summed E-state index contributed by atoms with van der Waals surface area (Å²) in [4.78, 5) is 22.2. The average molecular weight is 251 g/mol. The first-order chi connectivity index (χ1) is 8.56. The SMILES string of the molecule is N[C@@H](CO)C(=O)N[C@H](C=O)Cc1[c]cc(O)cc1. The summed E-state index contributed by atoms with van der Waals surface area (Å²) in [5.74, 6) is -0.513. The van der Waals surface area contributed by atoms with Gasteiger partial charge >= 0.3 is 0 Å². The molecule has 18 heavy (non-hydrogen) atoms. The molecule has 6 nitrogen and oxygen atoms in total. The van der Waals surface area contributed by atoms with E-state index in [1.54, 1.807) is 6.07 Å². The third-order valence-electron chi connectivity index (χ3n) is 2.33. The van der Waals surface area contributed by atoms with Crippen LogP contribution in [-0.4, -0.2) is 41.1 Å². The number of aliphatic hydroxyl groups is 1. The highest BCUT2D eigenvalue weighted by Crippen LogP contribution is 2.10. The fourth-order valence-corrected chi connectivity index (χ4v) is 1.32. The van der Waals surface area contributed by atoms with Crippen molar-refractivity contribution in [2.45, 2.75) is 18.5 Å². The zero-order valence-electron chi connectivity index (χ0n) is 9.67. The van der Waals surface area contributed by atoms with E-state index in [1.807, 2.05) is 0 Å². The highest BCUT2D eigenvalue weighted by atomic mass is 16.3. The molecule has 0 aliphatic heterocycles. The highest BCUT2D eigenvalue weighted by Gasteiger charge is 2.17. The number of aliphatic hydroxyl groups excluding tert-OH is 1. The Balaban J connectivity index is 2.59. The van der Waals surface area contributed by atoms with E-state index >= 15 is 0 Å². The van der Waals surface area contributed by atoms with Crippen LogP contribution in [0.2, 0.25) is 0 Å². The predicted molar refractivity (Wildman–Crippen MR) is 63.7 cm³/mol. The Morgan fingerprint density at radius 3 is 2.78 bits per heavy atom. The van der Waals surface area contributed by atoms with Crippen molar-refractivity contribution in [3.63, 3.8) is 0 Å². The molecule has 1 amide bonds. The maximum Gasteiger partial charge on any atom is 0.239 e. The van der Waals surface area contributed by atoms with Crippen molar-refractivity contribution in [2.24, 2.45) is 5.73 Å². The summed E-state index contributed by atoms with van der Waals surface area (Å²) in [6.07, 6.45) is 0.830. The number of aldehydes is 1. The monoisotopic (exact) mass is 251 g/mol. The molecule has 0 spiro atoms. The van der Waals surface area contributed by atoms with Gasteiger partial charge < -0.3 is 26.1 Å². The molecule has 0 aliphatic carbocycles. The predicted octanol–water partition coefficient (Wildman–Crippen LogP) is -1.26. The number of rotatable bonds is 6. The molecule has 6 heteroatoms. The molecule has 1 aromatic carbocycles.